The molecule has 2 N–H and O–H groups in total. The van der Waals surface area contributed by atoms with Crippen molar-refractivity contribution in [2.75, 3.05) is 18.5 Å². The number of benzene rings is 1. The topological polar surface area (TPSA) is 93.5 Å². The highest BCUT2D eigenvalue weighted by atomic mass is 16.6. The highest BCUT2D eigenvalue weighted by molar-refractivity contribution is 5.77. The van der Waals surface area contributed by atoms with Crippen molar-refractivity contribution in [2.24, 2.45) is 0 Å². The van der Waals surface area contributed by atoms with Gasteiger partial charge in [0, 0.05) is 36.8 Å². The van der Waals surface area contributed by atoms with Crippen LogP contribution in [0.15, 0.2) is 18.2 Å². The molecule has 0 spiro atoms. The third kappa shape index (κ3) is 3.59. The van der Waals surface area contributed by atoms with Crippen molar-refractivity contribution in [3.8, 4) is 5.75 Å². The first-order valence-corrected chi connectivity index (χ1v) is 6.54. The van der Waals surface area contributed by atoms with E-state index in [-0.39, 0.29) is 17.6 Å². The summed E-state index contributed by atoms with van der Waals surface area (Å²) in [5.41, 5.74) is 0.613. The molecule has 7 heteroatoms. The molecule has 20 heavy (non-hydrogen) atoms. The molecule has 1 heterocycles. The van der Waals surface area contributed by atoms with Gasteiger partial charge in [-0.1, -0.05) is 0 Å². The lowest BCUT2D eigenvalue weighted by Crippen LogP contribution is -2.41. The summed E-state index contributed by atoms with van der Waals surface area (Å²) in [4.78, 5) is 21.6. The molecule has 1 saturated heterocycles. The van der Waals surface area contributed by atoms with Gasteiger partial charge in [0.25, 0.3) is 5.69 Å². The Kier molecular flexibility index (Phi) is 4.39. The van der Waals surface area contributed by atoms with Crippen molar-refractivity contribution >= 4 is 17.3 Å². The van der Waals surface area contributed by atoms with E-state index in [2.05, 4.69) is 10.6 Å². The fourth-order valence-electron chi connectivity index (χ4n) is 2.11. The second-order valence-electron chi connectivity index (χ2n) is 4.59. The van der Waals surface area contributed by atoms with Crippen LogP contribution in [0.25, 0.3) is 0 Å². The minimum Gasteiger partial charge on any atom is -0.494 e. The van der Waals surface area contributed by atoms with E-state index in [1.165, 1.54) is 12.1 Å². The molecule has 1 amide bonds. The van der Waals surface area contributed by atoms with Crippen LogP contribution in [0.5, 0.6) is 5.75 Å². The van der Waals surface area contributed by atoms with E-state index in [4.69, 9.17) is 4.74 Å². The SMILES string of the molecule is CCOc1cc(NC2CCC(=O)NC2)cc([N+](=O)[O-])c1. The number of nitro groups is 1. The van der Waals surface area contributed by atoms with Gasteiger partial charge in [0.1, 0.15) is 5.75 Å². The Labute approximate surface area is 116 Å². The second kappa shape index (κ2) is 6.23. The van der Waals surface area contributed by atoms with Crippen LogP contribution < -0.4 is 15.4 Å². The second-order valence-corrected chi connectivity index (χ2v) is 4.59. The highest BCUT2D eigenvalue weighted by Crippen LogP contribution is 2.27. The maximum absolute atomic E-state index is 11.1. The third-order valence-electron chi connectivity index (χ3n) is 3.05. The third-order valence-corrected chi connectivity index (χ3v) is 3.05. The maximum atomic E-state index is 11.1. The smallest absolute Gasteiger partial charge is 0.275 e. The highest BCUT2D eigenvalue weighted by Gasteiger charge is 2.19. The van der Waals surface area contributed by atoms with E-state index in [1.54, 1.807) is 6.07 Å². The number of non-ortho nitro benzene ring substituents is 1. The first-order chi connectivity index (χ1) is 9.58. The Bertz CT molecular complexity index is 508. The first-order valence-electron chi connectivity index (χ1n) is 6.54. The van der Waals surface area contributed by atoms with Crippen LogP contribution >= 0.6 is 0 Å². The van der Waals surface area contributed by atoms with Gasteiger partial charge in [-0.3, -0.25) is 14.9 Å². The Morgan fingerprint density at radius 1 is 1.50 bits per heavy atom. The van der Waals surface area contributed by atoms with Crippen molar-refractivity contribution in [2.45, 2.75) is 25.8 Å². The Balaban J connectivity index is 2.13. The van der Waals surface area contributed by atoms with Crippen LogP contribution in [0.1, 0.15) is 19.8 Å². The number of anilines is 1. The normalized spacial score (nSPS) is 18.2. The number of nitro benzene ring substituents is 1. The van der Waals surface area contributed by atoms with Gasteiger partial charge >= 0.3 is 0 Å². The maximum Gasteiger partial charge on any atom is 0.275 e. The number of carbonyl (C=O) groups excluding carboxylic acids is 1. The van der Waals surface area contributed by atoms with Gasteiger partial charge < -0.3 is 15.4 Å². The molecule has 0 aromatic heterocycles. The van der Waals surface area contributed by atoms with Crippen molar-refractivity contribution < 1.29 is 14.5 Å². The van der Waals surface area contributed by atoms with Crippen LogP contribution in [0.3, 0.4) is 0 Å². The van der Waals surface area contributed by atoms with Crippen LogP contribution in [-0.4, -0.2) is 30.0 Å². The Morgan fingerprint density at radius 2 is 2.30 bits per heavy atom. The average Bonchev–Trinajstić information content (AvgIpc) is 2.41. The molecule has 1 aromatic rings. The summed E-state index contributed by atoms with van der Waals surface area (Å²) in [5, 5.41) is 16.9. The standard InChI is InChI=1S/C13H17N3O4/c1-2-20-12-6-10(5-11(7-12)16(18)19)15-9-3-4-13(17)14-8-9/h5-7,9,15H,2-4,8H2,1H3,(H,14,17). The zero-order valence-electron chi connectivity index (χ0n) is 11.2. The van der Waals surface area contributed by atoms with Gasteiger partial charge in [-0.25, -0.2) is 0 Å². The van der Waals surface area contributed by atoms with E-state index < -0.39 is 4.92 Å². The minimum absolute atomic E-state index is 0.0155. The van der Waals surface area contributed by atoms with Gasteiger partial charge in [0.2, 0.25) is 5.91 Å². The number of hydrogen-bond donors (Lipinski definition) is 2. The fraction of sp³-hybridized carbons (Fsp3) is 0.462. The number of piperidine rings is 1. The quantitative estimate of drug-likeness (QED) is 0.632. The molecule has 0 bridgehead atoms. The molecule has 0 radical (unpaired) electrons. The van der Waals surface area contributed by atoms with E-state index in [1.807, 2.05) is 6.92 Å². The summed E-state index contributed by atoms with van der Waals surface area (Å²) in [6.45, 7) is 2.79. The number of amides is 1. The lowest BCUT2D eigenvalue weighted by Gasteiger charge is -2.24. The molecule has 1 aliphatic heterocycles. The van der Waals surface area contributed by atoms with Crippen molar-refractivity contribution in [3.63, 3.8) is 0 Å². The number of carbonyl (C=O) groups is 1. The number of nitrogens with zero attached hydrogens (tertiary/aromatic N) is 1. The lowest BCUT2D eigenvalue weighted by atomic mass is 10.1. The average molecular weight is 279 g/mol. The molecule has 2 rings (SSSR count). The molecular formula is C13H17N3O4. The summed E-state index contributed by atoms with van der Waals surface area (Å²) >= 11 is 0. The molecule has 7 nitrogen and oxygen atoms in total. The summed E-state index contributed by atoms with van der Waals surface area (Å²) < 4.78 is 5.33. The molecule has 1 atom stereocenters. The lowest BCUT2D eigenvalue weighted by molar-refractivity contribution is -0.384. The summed E-state index contributed by atoms with van der Waals surface area (Å²) in [6, 6.07) is 4.67. The van der Waals surface area contributed by atoms with E-state index in [0.717, 1.165) is 0 Å². The number of hydrogen-bond acceptors (Lipinski definition) is 5. The monoisotopic (exact) mass is 279 g/mol. The van der Waals surface area contributed by atoms with Crippen LogP contribution in [0.4, 0.5) is 11.4 Å². The Morgan fingerprint density at radius 3 is 2.90 bits per heavy atom. The summed E-state index contributed by atoms with van der Waals surface area (Å²) in [6.07, 6.45) is 1.17. The molecule has 108 valence electrons. The number of rotatable bonds is 5. The van der Waals surface area contributed by atoms with E-state index in [0.29, 0.717) is 37.4 Å². The zero-order valence-corrected chi connectivity index (χ0v) is 11.2. The van der Waals surface area contributed by atoms with E-state index >= 15 is 0 Å². The van der Waals surface area contributed by atoms with Gasteiger partial charge in [0.05, 0.1) is 17.6 Å². The predicted molar refractivity (Wildman–Crippen MR) is 73.9 cm³/mol. The van der Waals surface area contributed by atoms with E-state index in [9.17, 15) is 14.9 Å². The van der Waals surface area contributed by atoms with Gasteiger partial charge in [-0.2, -0.15) is 0 Å². The molecule has 1 unspecified atom stereocenters. The van der Waals surface area contributed by atoms with Crippen LogP contribution in [0, 0.1) is 10.1 Å². The van der Waals surface area contributed by atoms with Gasteiger partial charge in [0.15, 0.2) is 0 Å². The zero-order chi connectivity index (χ0) is 14.5. The predicted octanol–water partition coefficient (Wildman–Crippen LogP) is 1.68. The number of nitrogens with one attached hydrogen (secondary N) is 2. The number of ether oxygens (including phenoxy) is 1. The molecule has 1 aliphatic rings. The Hall–Kier alpha value is -2.31. The van der Waals surface area contributed by atoms with Crippen molar-refractivity contribution in [1.82, 2.24) is 5.32 Å². The molecule has 1 aromatic carbocycles. The minimum atomic E-state index is -0.448. The largest absolute Gasteiger partial charge is 0.494 e. The molecule has 0 aliphatic carbocycles. The molecular weight excluding hydrogens is 262 g/mol. The fourth-order valence-corrected chi connectivity index (χ4v) is 2.11. The van der Waals surface area contributed by atoms with Crippen LogP contribution in [0.2, 0.25) is 0 Å². The van der Waals surface area contributed by atoms with Gasteiger partial charge in [-0.05, 0) is 13.3 Å². The first kappa shape index (κ1) is 14.1. The molecule has 0 saturated carbocycles. The van der Waals surface area contributed by atoms with Gasteiger partial charge in [-0.15, -0.1) is 0 Å². The van der Waals surface area contributed by atoms with Crippen LogP contribution in [-0.2, 0) is 4.79 Å². The van der Waals surface area contributed by atoms with Crippen molar-refractivity contribution in [3.05, 3.63) is 28.3 Å². The van der Waals surface area contributed by atoms with Crippen molar-refractivity contribution in [1.29, 1.82) is 0 Å². The molecule has 1 fully saturated rings. The summed E-state index contributed by atoms with van der Waals surface area (Å²) in [5.74, 6) is 0.501. The summed E-state index contributed by atoms with van der Waals surface area (Å²) in [7, 11) is 0.